The third-order valence-corrected chi connectivity index (χ3v) is 6.00. The summed E-state index contributed by atoms with van der Waals surface area (Å²) in [6.45, 7) is 1.12. The molecule has 0 fully saturated rings. The first kappa shape index (κ1) is 18.6. The second-order valence-corrected chi connectivity index (χ2v) is 7.82. The fraction of sp³-hybridized carbons (Fsp3) is 0.143. The maximum Gasteiger partial charge on any atom is 0.206 e. The zero-order chi connectivity index (χ0) is 19.3. The van der Waals surface area contributed by atoms with Crippen LogP contribution in [0.1, 0.15) is 5.56 Å². The SMILES string of the molecule is COCCN=c1scc(-c2cccs2)n1/N=C/c1c(O)ccc2ccccc12. The molecule has 0 amide bonds. The molecule has 0 radical (unpaired) electrons. The van der Waals surface area contributed by atoms with Crippen LogP contribution in [0, 0.1) is 0 Å². The molecule has 0 saturated carbocycles. The normalized spacial score (nSPS) is 12.4. The van der Waals surface area contributed by atoms with Crippen LogP contribution >= 0.6 is 22.7 Å². The van der Waals surface area contributed by atoms with E-state index in [1.807, 2.05) is 46.5 Å². The molecule has 28 heavy (non-hydrogen) atoms. The summed E-state index contributed by atoms with van der Waals surface area (Å²) in [6, 6.07) is 15.6. The van der Waals surface area contributed by atoms with Crippen LogP contribution < -0.4 is 4.80 Å². The highest BCUT2D eigenvalue weighted by Crippen LogP contribution is 2.27. The Morgan fingerprint density at radius 2 is 2.00 bits per heavy atom. The van der Waals surface area contributed by atoms with Crippen molar-refractivity contribution in [2.75, 3.05) is 20.3 Å². The van der Waals surface area contributed by atoms with Gasteiger partial charge in [0.25, 0.3) is 0 Å². The van der Waals surface area contributed by atoms with Crippen molar-refractivity contribution in [2.45, 2.75) is 0 Å². The quantitative estimate of drug-likeness (QED) is 0.375. The van der Waals surface area contributed by atoms with Crippen molar-refractivity contribution < 1.29 is 9.84 Å². The van der Waals surface area contributed by atoms with E-state index in [1.165, 1.54) is 11.3 Å². The van der Waals surface area contributed by atoms with Gasteiger partial charge in [0.2, 0.25) is 4.80 Å². The number of aromatic hydroxyl groups is 1. The van der Waals surface area contributed by atoms with Crippen molar-refractivity contribution in [1.29, 1.82) is 0 Å². The van der Waals surface area contributed by atoms with Crippen molar-refractivity contribution in [3.63, 3.8) is 0 Å². The number of phenols is 1. The molecule has 0 spiro atoms. The van der Waals surface area contributed by atoms with Crippen molar-refractivity contribution in [1.82, 2.24) is 4.68 Å². The number of hydrogen-bond acceptors (Lipinski definition) is 6. The van der Waals surface area contributed by atoms with Crippen LogP contribution in [-0.4, -0.2) is 36.3 Å². The molecule has 0 aliphatic carbocycles. The topological polar surface area (TPSA) is 59.1 Å². The molecule has 5 nitrogen and oxygen atoms in total. The molecule has 0 saturated heterocycles. The van der Waals surface area contributed by atoms with E-state index in [9.17, 15) is 5.11 Å². The van der Waals surface area contributed by atoms with Crippen LogP contribution in [0.15, 0.2) is 69.4 Å². The summed E-state index contributed by atoms with van der Waals surface area (Å²) < 4.78 is 6.93. The minimum absolute atomic E-state index is 0.203. The second-order valence-electron chi connectivity index (χ2n) is 6.03. The van der Waals surface area contributed by atoms with Gasteiger partial charge >= 0.3 is 0 Å². The average molecular weight is 410 g/mol. The number of thiazole rings is 1. The molecule has 2 aromatic carbocycles. The summed E-state index contributed by atoms with van der Waals surface area (Å²) in [6.07, 6.45) is 1.71. The highest BCUT2D eigenvalue weighted by molar-refractivity contribution is 7.14. The van der Waals surface area contributed by atoms with Gasteiger partial charge in [-0.05, 0) is 28.3 Å². The molecular formula is C21H19N3O2S2. The molecule has 4 aromatic rings. The lowest BCUT2D eigenvalue weighted by Gasteiger charge is -2.05. The molecule has 0 aliphatic heterocycles. The fourth-order valence-electron chi connectivity index (χ4n) is 2.88. The van der Waals surface area contributed by atoms with Crippen molar-refractivity contribution in [3.8, 4) is 16.3 Å². The van der Waals surface area contributed by atoms with E-state index in [-0.39, 0.29) is 5.75 Å². The van der Waals surface area contributed by atoms with E-state index in [0.29, 0.717) is 18.7 Å². The first-order chi connectivity index (χ1) is 13.8. The van der Waals surface area contributed by atoms with Crippen LogP contribution in [0.4, 0.5) is 0 Å². The molecule has 4 rings (SSSR count). The maximum atomic E-state index is 10.4. The van der Waals surface area contributed by atoms with E-state index in [2.05, 4.69) is 16.4 Å². The van der Waals surface area contributed by atoms with Gasteiger partial charge in [-0.3, -0.25) is 4.99 Å². The van der Waals surface area contributed by atoms with Gasteiger partial charge in [0.1, 0.15) is 5.75 Å². The molecule has 142 valence electrons. The lowest BCUT2D eigenvalue weighted by molar-refractivity contribution is 0.207. The third-order valence-electron chi connectivity index (χ3n) is 4.25. The predicted octanol–water partition coefficient (Wildman–Crippen LogP) is 4.57. The number of rotatable bonds is 6. The second kappa shape index (κ2) is 8.52. The maximum absolute atomic E-state index is 10.4. The van der Waals surface area contributed by atoms with Crippen LogP contribution in [0.25, 0.3) is 21.3 Å². The number of benzene rings is 2. The van der Waals surface area contributed by atoms with E-state index in [1.54, 1.807) is 30.7 Å². The third kappa shape index (κ3) is 3.77. The highest BCUT2D eigenvalue weighted by atomic mass is 32.1. The summed E-state index contributed by atoms with van der Waals surface area (Å²) >= 11 is 3.19. The zero-order valence-corrected chi connectivity index (χ0v) is 16.9. The number of methoxy groups -OCH3 is 1. The van der Waals surface area contributed by atoms with Crippen LogP contribution in [-0.2, 0) is 4.74 Å². The summed E-state index contributed by atoms with van der Waals surface area (Å²) in [5, 5.41) is 21.2. The zero-order valence-electron chi connectivity index (χ0n) is 15.3. The Bertz CT molecular complexity index is 1170. The van der Waals surface area contributed by atoms with Gasteiger partial charge in [-0.1, -0.05) is 36.4 Å². The van der Waals surface area contributed by atoms with E-state index >= 15 is 0 Å². The van der Waals surface area contributed by atoms with E-state index in [4.69, 9.17) is 9.84 Å². The summed E-state index contributed by atoms with van der Waals surface area (Å²) in [5.41, 5.74) is 1.67. The molecule has 1 N–H and O–H groups in total. The number of hydrogen-bond donors (Lipinski definition) is 1. The van der Waals surface area contributed by atoms with Gasteiger partial charge in [-0.25, -0.2) is 4.68 Å². The Kier molecular flexibility index (Phi) is 5.66. The molecule has 2 aromatic heterocycles. The van der Waals surface area contributed by atoms with Crippen molar-refractivity contribution in [2.24, 2.45) is 10.1 Å². The molecule has 0 bridgehead atoms. The monoisotopic (exact) mass is 409 g/mol. The molecule has 7 heteroatoms. The summed E-state index contributed by atoms with van der Waals surface area (Å²) in [7, 11) is 1.66. The number of nitrogens with zero attached hydrogens (tertiary/aromatic N) is 3. The number of aromatic nitrogens is 1. The van der Waals surface area contributed by atoms with Gasteiger partial charge in [0.05, 0.1) is 29.9 Å². The summed E-state index contributed by atoms with van der Waals surface area (Å²) in [5.74, 6) is 0.203. The Hall–Kier alpha value is -2.74. The lowest BCUT2D eigenvalue weighted by Crippen LogP contribution is -2.13. The minimum Gasteiger partial charge on any atom is -0.507 e. The van der Waals surface area contributed by atoms with Crippen LogP contribution in [0.2, 0.25) is 0 Å². The molecule has 2 heterocycles. The Labute approximate surface area is 170 Å². The van der Waals surface area contributed by atoms with Gasteiger partial charge in [-0.15, -0.1) is 22.7 Å². The fourth-order valence-corrected chi connectivity index (χ4v) is 4.54. The first-order valence-corrected chi connectivity index (χ1v) is 10.5. The predicted molar refractivity (Wildman–Crippen MR) is 117 cm³/mol. The molecular weight excluding hydrogens is 390 g/mol. The molecule has 0 atom stereocenters. The Morgan fingerprint density at radius 3 is 2.82 bits per heavy atom. The number of phenolic OH excluding ortho intramolecular Hbond substituents is 1. The molecule has 0 aliphatic rings. The van der Waals surface area contributed by atoms with Crippen LogP contribution in [0.5, 0.6) is 5.75 Å². The average Bonchev–Trinajstić information content (AvgIpc) is 3.37. The Morgan fingerprint density at radius 1 is 1.11 bits per heavy atom. The van der Waals surface area contributed by atoms with Gasteiger partial charge < -0.3 is 9.84 Å². The van der Waals surface area contributed by atoms with E-state index < -0.39 is 0 Å². The number of thiophene rings is 1. The largest absolute Gasteiger partial charge is 0.507 e. The first-order valence-electron chi connectivity index (χ1n) is 8.77. The standard InChI is InChI=1S/C21H19N3O2S2/c1-26-11-10-22-21-24(18(14-28-21)20-7-4-12-27-20)23-13-17-16-6-3-2-5-15(16)8-9-19(17)25/h2-9,12-14,25H,10-11H2,1H3/b22-21?,23-13+. The lowest BCUT2D eigenvalue weighted by atomic mass is 10.0. The van der Waals surface area contributed by atoms with E-state index in [0.717, 1.165) is 26.1 Å². The van der Waals surface area contributed by atoms with Gasteiger partial charge in [0, 0.05) is 18.1 Å². The minimum atomic E-state index is 0.203. The highest BCUT2D eigenvalue weighted by Gasteiger charge is 2.09. The number of ether oxygens (including phenoxy) is 1. The van der Waals surface area contributed by atoms with Crippen molar-refractivity contribution >= 4 is 39.7 Å². The van der Waals surface area contributed by atoms with Crippen LogP contribution in [0.3, 0.4) is 0 Å². The molecule has 0 unspecified atom stereocenters. The van der Waals surface area contributed by atoms with Gasteiger partial charge in [-0.2, -0.15) is 5.10 Å². The van der Waals surface area contributed by atoms with Crippen molar-refractivity contribution in [3.05, 3.63) is 69.7 Å². The number of fused-ring (bicyclic) bond motifs is 1. The Balaban J connectivity index is 1.82. The smallest absolute Gasteiger partial charge is 0.206 e. The van der Waals surface area contributed by atoms with Gasteiger partial charge in [0.15, 0.2) is 0 Å². The summed E-state index contributed by atoms with van der Waals surface area (Å²) in [4.78, 5) is 6.51.